The number of nitrogens with one attached hydrogen (secondary N) is 1. The zero-order valence-corrected chi connectivity index (χ0v) is 20.2. The van der Waals surface area contributed by atoms with Crippen molar-refractivity contribution >= 4 is 27.4 Å². The molecule has 0 atom stereocenters. The molecular weight excluding hydrogens is 462 g/mol. The molecule has 1 aromatic heterocycles. The van der Waals surface area contributed by atoms with Gasteiger partial charge in [0.05, 0.1) is 16.2 Å². The van der Waals surface area contributed by atoms with Crippen molar-refractivity contribution in [2.24, 2.45) is 5.14 Å². The van der Waals surface area contributed by atoms with Gasteiger partial charge in [-0.15, -0.1) is 0 Å². The van der Waals surface area contributed by atoms with E-state index in [4.69, 9.17) is 10.1 Å². The van der Waals surface area contributed by atoms with Crippen LogP contribution >= 0.6 is 0 Å². The van der Waals surface area contributed by atoms with E-state index in [-0.39, 0.29) is 35.4 Å². The molecule has 1 aliphatic heterocycles. The fourth-order valence-corrected chi connectivity index (χ4v) is 5.35. The maximum atomic E-state index is 14.0. The molecule has 1 aliphatic carbocycles. The lowest BCUT2D eigenvalue weighted by atomic mass is 9.75. The Labute approximate surface area is 198 Å². The first-order valence-electron chi connectivity index (χ1n) is 11.5. The monoisotopic (exact) mass is 492 g/mol. The number of nitrogens with two attached hydrogens (primary N) is 1. The maximum Gasteiger partial charge on any atom is 0.259 e. The number of primary sulfonamides is 1. The number of alkyl halides is 2. The number of fused-ring (bicyclic) bond motifs is 1. The fourth-order valence-electron chi connectivity index (χ4n) is 4.79. The summed E-state index contributed by atoms with van der Waals surface area (Å²) in [7, 11) is -3.93. The van der Waals surface area contributed by atoms with Gasteiger partial charge in [-0.05, 0) is 55.5 Å². The molecule has 1 aromatic carbocycles. The summed E-state index contributed by atoms with van der Waals surface area (Å²) >= 11 is 0. The van der Waals surface area contributed by atoms with Gasteiger partial charge in [-0.3, -0.25) is 4.79 Å². The minimum atomic E-state index is -3.93. The van der Waals surface area contributed by atoms with Crippen molar-refractivity contribution in [1.29, 1.82) is 0 Å². The van der Waals surface area contributed by atoms with Crippen LogP contribution < -0.4 is 15.4 Å². The lowest BCUT2D eigenvalue weighted by Gasteiger charge is -2.34. The van der Waals surface area contributed by atoms with Crippen molar-refractivity contribution in [2.75, 3.05) is 23.3 Å². The van der Waals surface area contributed by atoms with Crippen LogP contribution in [0.1, 0.15) is 67.6 Å². The highest BCUT2D eigenvalue weighted by Crippen LogP contribution is 2.39. The van der Waals surface area contributed by atoms with Crippen LogP contribution in [-0.4, -0.2) is 38.3 Å². The van der Waals surface area contributed by atoms with Gasteiger partial charge in [-0.1, -0.05) is 19.9 Å². The SMILES string of the molecule is CC1(C)CCCc2cc(C(=O)Nc3cccc(S(N)(=O)=O)c3)c(N3CCCC(F)(F)CC3)nc21. The molecule has 4 rings (SSSR count). The Morgan fingerprint density at radius 2 is 1.88 bits per heavy atom. The molecule has 0 saturated carbocycles. The zero-order valence-electron chi connectivity index (χ0n) is 19.4. The molecular formula is C24H30F2N4O3S. The van der Waals surface area contributed by atoms with Gasteiger partial charge in [-0.25, -0.2) is 27.3 Å². The number of hydrogen-bond donors (Lipinski definition) is 2. The van der Waals surface area contributed by atoms with Crippen LogP contribution in [0, 0.1) is 0 Å². The van der Waals surface area contributed by atoms with Gasteiger partial charge in [0.15, 0.2) is 0 Å². The maximum absolute atomic E-state index is 14.0. The van der Waals surface area contributed by atoms with E-state index in [9.17, 15) is 22.0 Å². The number of carbonyl (C=O) groups excluding carboxylic acids is 1. The second kappa shape index (κ2) is 8.88. The Kier molecular flexibility index (Phi) is 6.41. The average molecular weight is 493 g/mol. The number of benzene rings is 1. The standard InChI is InChI=1S/C24H30F2N4O3S/c1-23(2)9-4-6-16-14-19(22(31)28-17-7-3-8-18(15-17)34(27,32)33)21(29-20(16)23)30-12-5-10-24(25,26)11-13-30/h3,7-8,14-15H,4-6,9-13H2,1-2H3,(H,28,31)(H2,27,32,33). The molecule has 2 aromatic rings. The molecule has 2 heterocycles. The molecule has 2 aliphatic rings. The zero-order chi connectivity index (χ0) is 24.7. The van der Waals surface area contributed by atoms with E-state index in [0.29, 0.717) is 24.3 Å². The highest BCUT2D eigenvalue weighted by molar-refractivity contribution is 7.89. The highest BCUT2D eigenvalue weighted by Gasteiger charge is 2.35. The number of sulfonamides is 1. The van der Waals surface area contributed by atoms with Crippen molar-refractivity contribution in [3.05, 3.63) is 47.2 Å². The third-order valence-corrected chi connectivity index (χ3v) is 7.56. The molecule has 1 fully saturated rings. The van der Waals surface area contributed by atoms with Gasteiger partial charge < -0.3 is 10.2 Å². The van der Waals surface area contributed by atoms with Crippen molar-refractivity contribution in [3.63, 3.8) is 0 Å². The number of rotatable bonds is 4. The number of nitrogens with zero attached hydrogens (tertiary/aromatic N) is 2. The van der Waals surface area contributed by atoms with Crippen LogP contribution in [0.5, 0.6) is 0 Å². The smallest absolute Gasteiger partial charge is 0.259 e. The van der Waals surface area contributed by atoms with Gasteiger partial charge in [0, 0.05) is 37.0 Å². The Morgan fingerprint density at radius 1 is 1.12 bits per heavy atom. The molecule has 3 N–H and O–H groups in total. The van der Waals surface area contributed by atoms with E-state index in [1.165, 1.54) is 18.2 Å². The third-order valence-electron chi connectivity index (χ3n) is 6.65. The van der Waals surface area contributed by atoms with Crippen molar-refractivity contribution in [1.82, 2.24) is 4.98 Å². The average Bonchev–Trinajstić information content (AvgIpc) is 2.93. The van der Waals surface area contributed by atoms with Crippen molar-refractivity contribution < 1.29 is 22.0 Å². The first-order chi connectivity index (χ1) is 15.9. The van der Waals surface area contributed by atoms with Crippen LogP contribution in [0.3, 0.4) is 0 Å². The first kappa shape index (κ1) is 24.5. The number of anilines is 2. The van der Waals surface area contributed by atoms with E-state index >= 15 is 0 Å². The molecule has 34 heavy (non-hydrogen) atoms. The normalized spacial score (nSPS) is 19.7. The molecule has 7 nitrogen and oxygen atoms in total. The summed E-state index contributed by atoms with van der Waals surface area (Å²) in [6.45, 7) is 4.69. The topological polar surface area (TPSA) is 105 Å². The molecule has 1 saturated heterocycles. The van der Waals surface area contributed by atoms with E-state index in [0.717, 1.165) is 30.5 Å². The number of amides is 1. The third kappa shape index (κ3) is 5.22. The second-order valence-corrected chi connectivity index (χ2v) is 11.4. The number of pyridine rings is 1. The molecule has 0 bridgehead atoms. The largest absolute Gasteiger partial charge is 0.356 e. The molecule has 0 radical (unpaired) electrons. The molecule has 184 valence electrons. The summed E-state index contributed by atoms with van der Waals surface area (Å²) < 4.78 is 51.5. The first-order valence-corrected chi connectivity index (χ1v) is 13.0. The predicted molar refractivity (Wildman–Crippen MR) is 127 cm³/mol. The lowest BCUT2D eigenvalue weighted by molar-refractivity contribution is -0.0102. The number of aryl methyl sites for hydroxylation is 1. The summed E-state index contributed by atoms with van der Waals surface area (Å²) in [4.78, 5) is 20.0. The Hall–Kier alpha value is -2.59. The molecule has 0 spiro atoms. The predicted octanol–water partition coefficient (Wildman–Crippen LogP) is 4.22. The highest BCUT2D eigenvalue weighted by atomic mass is 32.2. The minimum Gasteiger partial charge on any atom is -0.356 e. The minimum absolute atomic E-state index is 0.0976. The van der Waals surface area contributed by atoms with Gasteiger partial charge >= 0.3 is 0 Å². The van der Waals surface area contributed by atoms with Crippen LogP contribution in [0.25, 0.3) is 0 Å². The summed E-state index contributed by atoms with van der Waals surface area (Å²) in [5, 5.41) is 7.95. The van der Waals surface area contributed by atoms with Crippen molar-refractivity contribution in [2.45, 2.75) is 68.6 Å². The molecule has 0 unspecified atom stereocenters. The van der Waals surface area contributed by atoms with Crippen LogP contribution in [0.4, 0.5) is 20.3 Å². The van der Waals surface area contributed by atoms with Gasteiger partial charge in [0.1, 0.15) is 5.82 Å². The van der Waals surface area contributed by atoms with E-state index in [2.05, 4.69) is 19.2 Å². The number of carbonyl (C=O) groups is 1. The summed E-state index contributed by atoms with van der Waals surface area (Å²) in [6, 6.07) is 7.50. The van der Waals surface area contributed by atoms with Crippen LogP contribution in [0.15, 0.2) is 35.2 Å². The lowest BCUT2D eigenvalue weighted by Crippen LogP contribution is -2.33. The molecule has 1 amide bonds. The van der Waals surface area contributed by atoms with Crippen LogP contribution in [-0.2, 0) is 21.9 Å². The van der Waals surface area contributed by atoms with Crippen molar-refractivity contribution in [3.8, 4) is 0 Å². The number of aromatic nitrogens is 1. The fraction of sp³-hybridized carbons (Fsp3) is 0.500. The van der Waals surface area contributed by atoms with Crippen LogP contribution in [0.2, 0.25) is 0 Å². The Bertz CT molecular complexity index is 1210. The molecule has 10 heteroatoms. The quantitative estimate of drug-likeness (QED) is 0.665. The van der Waals surface area contributed by atoms with E-state index in [1.807, 2.05) is 6.07 Å². The van der Waals surface area contributed by atoms with Gasteiger partial charge in [0.25, 0.3) is 5.91 Å². The summed E-state index contributed by atoms with van der Waals surface area (Å²) in [5.74, 6) is -2.82. The van der Waals surface area contributed by atoms with E-state index < -0.39 is 21.9 Å². The summed E-state index contributed by atoms with van der Waals surface area (Å²) in [6.07, 6.45) is 2.51. The summed E-state index contributed by atoms with van der Waals surface area (Å²) in [5.41, 5.74) is 2.25. The number of hydrogen-bond acceptors (Lipinski definition) is 5. The van der Waals surface area contributed by atoms with Gasteiger partial charge in [-0.2, -0.15) is 0 Å². The number of halogens is 2. The Balaban J connectivity index is 1.74. The van der Waals surface area contributed by atoms with E-state index in [1.54, 1.807) is 11.0 Å². The second-order valence-electron chi connectivity index (χ2n) is 9.83. The van der Waals surface area contributed by atoms with Gasteiger partial charge in [0.2, 0.25) is 15.9 Å². The Morgan fingerprint density at radius 3 is 2.62 bits per heavy atom.